The molecule has 0 amide bonds. The maximum atomic E-state index is 5.66. The van der Waals surface area contributed by atoms with Gasteiger partial charge in [-0.3, -0.25) is 9.88 Å². The predicted octanol–water partition coefficient (Wildman–Crippen LogP) is 2.66. The highest BCUT2D eigenvalue weighted by Crippen LogP contribution is 2.10. The molecule has 0 saturated heterocycles. The number of thiocarbonyl (C=S) groups is 1. The summed E-state index contributed by atoms with van der Waals surface area (Å²) in [5, 5.41) is 0. The molecule has 2 N–H and O–H groups in total. The fraction of sp³-hybridized carbons (Fsp3) is 0.250. The van der Waals surface area contributed by atoms with Crippen LogP contribution in [0.2, 0.25) is 0 Å². The summed E-state index contributed by atoms with van der Waals surface area (Å²) in [5.74, 6) is 0. The van der Waals surface area contributed by atoms with Crippen LogP contribution in [0, 0.1) is 6.92 Å². The smallest absolute Gasteiger partial charge is 0.103 e. The minimum Gasteiger partial charge on any atom is -0.389 e. The molecule has 0 atom stereocenters. The maximum absolute atomic E-state index is 5.66. The number of pyridine rings is 1. The first-order valence-electron chi connectivity index (χ1n) is 6.54. The monoisotopic (exact) mass is 285 g/mol. The molecule has 20 heavy (non-hydrogen) atoms. The van der Waals surface area contributed by atoms with E-state index < -0.39 is 0 Å². The third-order valence-electron chi connectivity index (χ3n) is 3.04. The molecule has 0 aliphatic heterocycles. The molecular formula is C16H19N3S. The summed E-state index contributed by atoms with van der Waals surface area (Å²) < 4.78 is 0. The Hall–Kier alpha value is -1.78. The molecule has 0 radical (unpaired) electrons. The van der Waals surface area contributed by atoms with Crippen molar-refractivity contribution in [2.75, 3.05) is 7.05 Å². The molecule has 3 nitrogen and oxygen atoms in total. The Bertz CT molecular complexity index is 610. The molecule has 1 aromatic heterocycles. The summed E-state index contributed by atoms with van der Waals surface area (Å²) in [6.45, 7) is 3.67. The van der Waals surface area contributed by atoms with E-state index in [2.05, 4.69) is 29.1 Å². The van der Waals surface area contributed by atoms with E-state index in [-0.39, 0.29) is 0 Å². The molecule has 2 rings (SSSR count). The Kier molecular flexibility index (Phi) is 4.82. The van der Waals surface area contributed by atoms with Crippen molar-refractivity contribution in [3.05, 3.63) is 65.0 Å². The Balaban J connectivity index is 2.02. The van der Waals surface area contributed by atoms with Gasteiger partial charge in [0.2, 0.25) is 0 Å². The van der Waals surface area contributed by atoms with E-state index in [9.17, 15) is 0 Å². The van der Waals surface area contributed by atoms with Gasteiger partial charge in [-0.1, -0.05) is 36.5 Å². The van der Waals surface area contributed by atoms with Gasteiger partial charge in [-0.15, -0.1) is 0 Å². The van der Waals surface area contributed by atoms with Crippen molar-refractivity contribution in [3.63, 3.8) is 0 Å². The number of rotatable bonds is 5. The summed E-state index contributed by atoms with van der Waals surface area (Å²) in [7, 11) is 2.08. The van der Waals surface area contributed by atoms with Crippen molar-refractivity contribution in [1.29, 1.82) is 0 Å². The fourth-order valence-electron chi connectivity index (χ4n) is 2.15. The van der Waals surface area contributed by atoms with Crippen LogP contribution in [0.5, 0.6) is 0 Å². The van der Waals surface area contributed by atoms with E-state index in [0.717, 1.165) is 30.0 Å². The summed E-state index contributed by atoms with van der Waals surface area (Å²) in [5.41, 5.74) is 9.91. The van der Waals surface area contributed by atoms with Crippen LogP contribution in [0.3, 0.4) is 0 Å². The summed E-state index contributed by atoms with van der Waals surface area (Å²) >= 11 is 5.01. The van der Waals surface area contributed by atoms with Crippen molar-refractivity contribution in [1.82, 2.24) is 9.88 Å². The molecule has 0 saturated carbocycles. The van der Waals surface area contributed by atoms with Gasteiger partial charge in [0.25, 0.3) is 0 Å². The van der Waals surface area contributed by atoms with Crippen LogP contribution in [0.25, 0.3) is 0 Å². The first-order chi connectivity index (χ1) is 9.54. The number of aryl methyl sites for hydroxylation is 1. The number of hydrogen-bond donors (Lipinski definition) is 1. The molecule has 2 aromatic rings. The standard InChI is InChI=1S/C16H19N3S/c1-12-5-3-8-15(18-12)11-19(2)10-13-6-4-7-14(9-13)16(17)20/h3-9H,10-11H2,1-2H3,(H2,17,20). The van der Waals surface area contributed by atoms with Gasteiger partial charge in [-0.25, -0.2) is 0 Å². The van der Waals surface area contributed by atoms with Crippen molar-refractivity contribution in [2.24, 2.45) is 5.73 Å². The number of aromatic nitrogens is 1. The zero-order chi connectivity index (χ0) is 14.5. The lowest BCUT2D eigenvalue weighted by molar-refractivity contribution is 0.315. The molecule has 4 heteroatoms. The van der Waals surface area contributed by atoms with Gasteiger partial charge in [0, 0.05) is 24.3 Å². The number of nitrogens with zero attached hydrogens (tertiary/aromatic N) is 2. The zero-order valence-corrected chi connectivity index (χ0v) is 12.7. The molecule has 0 bridgehead atoms. The van der Waals surface area contributed by atoms with Crippen LogP contribution in [-0.2, 0) is 13.1 Å². The normalized spacial score (nSPS) is 10.8. The molecule has 104 valence electrons. The molecule has 0 aliphatic rings. The SMILES string of the molecule is Cc1cccc(CN(C)Cc2cccc(C(N)=S)c2)n1. The van der Waals surface area contributed by atoms with E-state index >= 15 is 0 Å². The number of benzene rings is 1. The first-order valence-corrected chi connectivity index (χ1v) is 6.95. The quantitative estimate of drug-likeness (QED) is 0.858. The van der Waals surface area contributed by atoms with Crippen molar-refractivity contribution in [3.8, 4) is 0 Å². The average Bonchev–Trinajstić information content (AvgIpc) is 2.38. The second-order valence-electron chi connectivity index (χ2n) is 5.01. The lowest BCUT2D eigenvalue weighted by Crippen LogP contribution is -2.18. The average molecular weight is 285 g/mol. The number of nitrogens with two attached hydrogens (primary N) is 1. The van der Waals surface area contributed by atoms with Crippen molar-refractivity contribution in [2.45, 2.75) is 20.0 Å². The molecule has 1 heterocycles. The van der Waals surface area contributed by atoms with E-state index in [1.165, 1.54) is 5.56 Å². The summed E-state index contributed by atoms with van der Waals surface area (Å²) in [6.07, 6.45) is 0. The second kappa shape index (κ2) is 6.59. The molecular weight excluding hydrogens is 266 g/mol. The third-order valence-corrected chi connectivity index (χ3v) is 3.28. The fourth-order valence-corrected chi connectivity index (χ4v) is 2.28. The highest BCUT2D eigenvalue weighted by Gasteiger charge is 2.04. The van der Waals surface area contributed by atoms with Gasteiger partial charge in [-0.05, 0) is 37.7 Å². The Labute approximate surface area is 125 Å². The predicted molar refractivity (Wildman–Crippen MR) is 86.5 cm³/mol. The lowest BCUT2D eigenvalue weighted by atomic mass is 10.1. The van der Waals surface area contributed by atoms with Gasteiger partial charge < -0.3 is 5.73 Å². The Morgan fingerprint density at radius 3 is 2.65 bits per heavy atom. The molecule has 0 aliphatic carbocycles. The van der Waals surface area contributed by atoms with Crippen LogP contribution in [-0.4, -0.2) is 21.9 Å². The summed E-state index contributed by atoms with van der Waals surface area (Å²) in [6, 6.07) is 14.2. The van der Waals surface area contributed by atoms with Crippen LogP contribution >= 0.6 is 12.2 Å². The Morgan fingerprint density at radius 1 is 1.20 bits per heavy atom. The van der Waals surface area contributed by atoms with E-state index in [1.54, 1.807) is 0 Å². The number of hydrogen-bond acceptors (Lipinski definition) is 3. The third kappa shape index (κ3) is 4.11. The van der Waals surface area contributed by atoms with Gasteiger partial charge in [0.15, 0.2) is 0 Å². The zero-order valence-electron chi connectivity index (χ0n) is 11.8. The topological polar surface area (TPSA) is 42.1 Å². The van der Waals surface area contributed by atoms with Crippen LogP contribution in [0.15, 0.2) is 42.5 Å². The van der Waals surface area contributed by atoms with E-state index in [0.29, 0.717) is 4.99 Å². The summed E-state index contributed by atoms with van der Waals surface area (Å²) in [4.78, 5) is 7.18. The van der Waals surface area contributed by atoms with Crippen LogP contribution < -0.4 is 5.73 Å². The largest absolute Gasteiger partial charge is 0.389 e. The van der Waals surface area contributed by atoms with E-state index in [4.69, 9.17) is 18.0 Å². The second-order valence-corrected chi connectivity index (χ2v) is 5.45. The Morgan fingerprint density at radius 2 is 1.95 bits per heavy atom. The van der Waals surface area contributed by atoms with Crippen LogP contribution in [0.4, 0.5) is 0 Å². The van der Waals surface area contributed by atoms with Gasteiger partial charge in [0.1, 0.15) is 4.99 Å². The maximum Gasteiger partial charge on any atom is 0.103 e. The van der Waals surface area contributed by atoms with Gasteiger partial charge in [0.05, 0.1) is 5.69 Å². The minimum atomic E-state index is 0.440. The minimum absolute atomic E-state index is 0.440. The molecule has 0 fully saturated rings. The van der Waals surface area contributed by atoms with Crippen LogP contribution in [0.1, 0.15) is 22.5 Å². The molecule has 0 spiro atoms. The van der Waals surface area contributed by atoms with Crippen molar-refractivity contribution >= 4 is 17.2 Å². The highest BCUT2D eigenvalue weighted by atomic mass is 32.1. The van der Waals surface area contributed by atoms with Gasteiger partial charge in [-0.2, -0.15) is 0 Å². The molecule has 1 aromatic carbocycles. The van der Waals surface area contributed by atoms with Gasteiger partial charge >= 0.3 is 0 Å². The lowest BCUT2D eigenvalue weighted by Gasteiger charge is -2.17. The highest BCUT2D eigenvalue weighted by molar-refractivity contribution is 7.80. The molecule has 0 unspecified atom stereocenters. The van der Waals surface area contributed by atoms with Crippen molar-refractivity contribution < 1.29 is 0 Å². The first kappa shape index (κ1) is 14.6. The van der Waals surface area contributed by atoms with E-state index in [1.807, 2.05) is 37.3 Å².